The molecule has 0 spiro atoms. The Hall–Kier alpha value is -5.00. The van der Waals surface area contributed by atoms with Crippen LogP contribution in [0, 0.1) is 11.3 Å². The van der Waals surface area contributed by atoms with Gasteiger partial charge >= 0.3 is 0 Å². The summed E-state index contributed by atoms with van der Waals surface area (Å²) in [5, 5.41) is 14.1. The average molecular weight is 487 g/mol. The third-order valence-electron chi connectivity index (χ3n) is 7.14. The second-order valence-electron chi connectivity index (χ2n) is 9.62. The molecular formula is C36H26N2. The summed E-state index contributed by atoms with van der Waals surface area (Å²) in [6.45, 7) is 2.18. The fraction of sp³-hybridized carbons (Fsp3) is 0.0556. The Morgan fingerprint density at radius 2 is 1.24 bits per heavy atom. The van der Waals surface area contributed by atoms with Crippen LogP contribution in [0.1, 0.15) is 29.7 Å². The molecule has 0 N–H and O–H groups in total. The van der Waals surface area contributed by atoms with E-state index in [1.165, 1.54) is 32.7 Å². The predicted octanol–water partition coefficient (Wildman–Crippen LogP) is 9.41. The fourth-order valence-electron chi connectivity index (χ4n) is 5.05. The number of allylic oxidation sites excluding steroid dienone is 1. The van der Waals surface area contributed by atoms with Crippen molar-refractivity contribution in [3.63, 3.8) is 0 Å². The smallest absolute Gasteiger partial charge is 0.0991 e. The summed E-state index contributed by atoms with van der Waals surface area (Å²) in [5.41, 5.74) is 7.47. The van der Waals surface area contributed by atoms with Gasteiger partial charge in [0.2, 0.25) is 0 Å². The summed E-state index contributed by atoms with van der Waals surface area (Å²) >= 11 is 0. The molecule has 1 unspecified atom stereocenters. The van der Waals surface area contributed by atoms with Gasteiger partial charge in [0, 0.05) is 17.8 Å². The minimum Gasteiger partial charge on any atom is -0.261 e. The molecule has 0 saturated carbocycles. The molecule has 2 heteroatoms. The molecule has 0 aliphatic heterocycles. The highest BCUT2D eigenvalue weighted by atomic mass is 14.7. The average Bonchev–Trinajstić information content (AvgIpc) is 2.99. The highest BCUT2D eigenvalue weighted by molar-refractivity contribution is 6.01. The normalized spacial score (nSPS) is 12.1. The number of fused-ring (bicyclic) bond motifs is 2. The Morgan fingerprint density at radius 3 is 1.84 bits per heavy atom. The minimum absolute atomic E-state index is 0.185. The van der Waals surface area contributed by atoms with Crippen molar-refractivity contribution in [3.05, 3.63) is 144 Å². The van der Waals surface area contributed by atoms with E-state index < -0.39 is 0 Å². The first-order chi connectivity index (χ1) is 18.7. The number of pyridine rings is 1. The van der Waals surface area contributed by atoms with Crippen LogP contribution in [0.3, 0.4) is 0 Å². The van der Waals surface area contributed by atoms with Crippen LogP contribution >= 0.6 is 0 Å². The van der Waals surface area contributed by atoms with Crippen LogP contribution < -0.4 is 0 Å². The van der Waals surface area contributed by atoms with E-state index in [0.717, 1.165) is 22.4 Å². The lowest BCUT2D eigenvalue weighted by atomic mass is 9.87. The Balaban J connectivity index is 1.58. The molecule has 1 heterocycles. The van der Waals surface area contributed by atoms with Crippen LogP contribution in [0.5, 0.6) is 0 Å². The van der Waals surface area contributed by atoms with Gasteiger partial charge in [-0.15, -0.1) is 0 Å². The van der Waals surface area contributed by atoms with Crippen LogP contribution in [0.15, 0.2) is 128 Å². The molecule has 0 fully saturated rings. The molecule has 6 rings (SSSR count). The number of nitrogens with zero attached hydrogens (tertiary/aromatic N) is 2. The Kier molecular flexibility index (Phi) is 6.26. The molecule has 38 heavy (non-hydrogen) atoms. The summed E-state index contributed by atoms with van der Waals surface area (Å²) in [6.07, 6.45) is 6.32. The molecule has 0 radical (unpaired) electrons. The van der Waals surface area contributed by atoms with Crippen molar-refractivity contribution in [1.29, 1.82) is 5.26 Å². The largest absolute Gasteiger partial charge is 0.261 e. The first-order valence-corrected chi connectivity index (χ1v) is 12.9. The molecule has 0 bridgehead atoms. The van der Waals surface area contributed by atoms with Crippen molar-refractivity contribution in [2.75, 3.05) is 0 Å². The number of nitriles is 1. The number of benzene rings is 5. The van der Waals surface area contributed by atoms with Gasteiger partial charge in [-0.05, 0) is 97.9 Å². The summed E-state index contributed by atoms with van der Waals surface area (Å²) < 4.78 is 0. The van der Waals surface area contributed by atoms with Gasteiger partial charge in [-0.1, -0.05) is 85.8 Å². The van der Waals surface area contributed by atoms with E-state index in [2.05, 4.69) is 109 Å². The van der Waals surface area contributed by atoms with E-state index in [1.807, 2.05) is 42.6 Å². The van der Waals surface area contributed by atoms with Gasteiger partial charge < -0.3 is 0 Å². The van der Waals surface area contributed by atoms with Crippen molar-refractivity contribution >= 4 is 27.6 Å². The van der Waals surface area contributed by atoms with Gasteiger partial charge in [-0.3, -0.25) is 4.98 Å². The molecule has 1 aromatic heterocycles. The predicted molar refractivity (Wildman–Crippen MR) is 159 cm³/mol. The number of aromatic nitrogens is 1. The lowest BCUT2D eigenvalue weighted by Gasteiger charge is -2.16. The SMILES string of the molecule is CC(/C=C/c1cc2ccccc2cc1-c1cc2ccccc2cc1-c1ccc(C#N)cc1)c1ccccn1. The Labute approximate surface area is 223 Å². The van der Waals surface area contributed by atoms with Crippen LogP contribution in [-0.4, -0.2) is 4.98 Å². The number of rotatable bonds is 5. The fourth-order valence-corrected chi connectivity index (χ4v) is 5.05. The zero-order chi connectivity index (χ0) is 25.9. The second kappa shape index (κ2) is 10.2. The first kappa shape index (κ1) is 23.4. The van der Waals surface area contributed by atoms with E-state index in [0.29, 0.717) is 5.56 Å². The van der Waals surface area contributed by atoms with Crippen LogP contribution in [0.25, 0.3) is 49.9 Å². The molecule has 0 amide bonds. The van der Waals surface area contributed by atoms with Gasteiger partial charge in [0.05, 0.1) is 11.6 Å². The van der Waals surface area contributed by atoms with E-state index in [-0.39, 0.29) is 5.92 Å². The molecule has 0 saturated heterocycles. The van der Waals surface area contributed by atoms with E-state index in [9.17, 15) is 5.26 Å². The van der Waals surface area contributed by atoms with Crippen LogP contribution in [-0.2, 0) is 0 Å². The molecule has 1 atom stereocenters. The highest BCUT2D eigenvalue weighted by Crippen LogP contribution is 2.39. The molecule has 0 aliphatic rings. The third-order valence-corrected chi connectivity index (χ3v) is 7.14. The zero-order valence-electron chi connectivity index (χ0n) is 21.2. The van der Waals surface area contributed by atoms with Crippen molar-refractivity contribution in [1.82, 2.24) is 4.98 Å². The lowest BCUT2D eigenvalue weighted by Crippen LogP contribution is -1.93. The van der Waals surface area contributed by atoms with Crippen LogP contribution in [0.4, 0.5) is 0 Å². The molecule has 2 nitrogen and oxygen atoms in total. The van der Waals surface area contributed by atoms with Gasteiger partial charge in [-0.2, -0.15) is 5.26 Å². The van der Waals surface area contributed by atoms with Gasteiger partial charge in [-0.25, -0.2) is 0 Å². The van der Waals surface area contributed by atoms with E-state index >= 15 is 0 Å². The van der Waals surface area contributed by atoms with Gasteiger partial charge in [0.1, 0.15) is 0 Å². The summed E-state index contributed by atoms with van der Waals surface area (Å²) in [6, 6.07) is 42.3. The summed E-state index contributed by atoms with van der Waals surface area (Å²) in [5.74, 6) is 0.185. The monoisotopic (exact) mass is 486 g/mol. The quantitative estimate of drug-likeness (QED) is 0.243. The summed E-state index contributed by atoms with van der Waals surface area (Å²) in [7, 11) is 0. The van der Waals surface area contributed by atoms with Crippen LogP contribution in [0.2, 0.25) is 0 Å². The number of hydrogen-bond acceptors (Lipinski definition) is 2. The van der Waals surface area contributed by atoms with Crippen molar-refractivity contribution < 1.29 is 0 Å². The maximum absolute atomic E-state index is 9.33. The molecular weight excluding hydrogens is 460 g/mol. The van der Waals surface area contributed by atoms with Crippen molar-refractivity contribution in [2.45, 2.75) is 12.8 Å². The second-order valence-corrected chi connectivity index (χ2v) is 9.62. The third kappa shape index (κ3) is 4.59. The van der Waals surface area contributed by atoms with Crippen molar-refractivity contribution in [3.8, 4) is 28.3 Å². The number of hydrogen-bond donors (Lipinski definition) is 0. The van der Waals surface area contributed by atoms with E-state index in [4.69, 9.17) is 0 Å². The maximum Gasteiger partial charge on any atom is 0.0991 e. The topological polar surface area (TPSA) is 36.7 Å². The molecule has 5 aromatic carbocycles. The molecule has 0 aliphatic carbocycles. The molecule has 6 aromatic rings. The first-order valence-electron chi connectivity index (χ1n) is 12.9. The van der Waals surface area contributed by atoms with Crippen molar-refractivity contribution in [2.24, 2.45) is 0 Å². The summed E-state index contributed by atoms with van der Waals surface area (Å²) in [4.78, 5) is 4.55. The minimum atomic E-state index is 0.185. The standard InChI is InChI=1S/C36H26N2/c1-25(36-12-6-7-19-38-36)13-16-32-20-28-8-2-3-9-29(28)22-34(32)35-23-31-11-5-4-10-30(31)21-33(35)27-17-14-26(24-37)15-18-27/h2-23,25H,1H3/b16-13+. The Bertz CT molecular complexity index is 1820. The molecule has 180 valence electrons. The van der Waals surface area contributed by atoms with Gasteiger partial charge in [0.25, 0.3) is 0 Å². The van der Waals surface area contributed by atoms with Gasteiger partial charge in [0.15, 0.2) is 0 Å². The zero-order valence-corrected chi connectivity index (χ0v) is 21.2. The maximum atomic E-state index is 9.33. The van der Waals surface area contributed by atoms with E-state index in [1.54, 1.807) is 0 Å². The Morgan fingerprint density at radius 1 is 0.658 bits per heavy atom. The highest BCUT2D eigenvalue weighted by Gasteiger charge is 2.14. The lowest BCUT2D eigenvalue weighted by molar-refractivity contribution is 0.911.